The largest absolute Gasteiger partial charge is 0.340 e. The van der Waals surface area contributed by atoms with Crippen LogP contribution >= 0.6 is 11.3 Å². The first-order valence-electron chi connectivity index (χ1n) is 7.17. The van der Waals surface area contributed by atoms with Crippen LogP contribution in [0.15, 0.2) is 46.6 Å². The quantitative estimate of drug-likeness (QED) is 0.654. The molecule has 0 aliphatic heterocycles. The number of hydrogen-bond acceptors (Lipinski definition) is 4. The molecule has 0 saturated heterocycles. The SMILES string of the molecule is Cc1ccsc1C(Cc1ccccc1)NCc1n[nH]c(=O)[nH]1. The molecular weight excluding hydrogens is 296 g/mol. The van der Waals surface area contributed by atoms with Gasteiger partial charge in [0.2, 0.25) is 0 Å². The molecule has 3 N–H and O–H groups in total. The Hall–Kier alpha value is -2.18. The molecule has 1 unspecified atom stereocenters. The summed E-state index contributed by atoms with van der Waals surface area (Å²) in [6.07, 6.45) is 0.900. The van der Waals surface area contributed by atoms with Gasteiger partial charge in [-0.3, -0.25) is 4.98 Å². The first-order chi connectivity index (χ1) is 10.7. The van der Waals surface area contributed by atoms with E-state index in [0.717, 1.165) is 6.42 Å². The van der Waals surface area contributed by atoms with Gasteiger partial charge in [-0.05, 0) is 35.9 Å². The Morgan fingerprint density at radius 1 is 1.27 bits per heavy atom. The van der Waals surface area contributed by atoms with E-state index in [4.69, 9.17) is 0 Å². The monoisotopic (exact) mass is 314 g/mol. The highest BCUT2D eigenvalue weighted by atomic mass is 32.1. The van der Waals surface area contributed by atoms with Crippen LogP contribution in [0.5, 0.6) is 0 Å². The van der Waals surface area contributed by atoms with Crippen molar-refractivity contribution in [3.05, 3.63) is 74.1 Å². The second-order valence-corrected chi connectivity index (χ2v) is 6.16. The number of nitrogens with zero attached hydrogens (tertiary/aromatic N) is 1. The second-order valence-electron chi connectivity index (χ2n) is 5.22. The molecule has 0 fully saturated rings. The summed E-state index contributed by atoms with van der Waals surface area (Å²) in [5.74, 6) is 0.622. The molecule has 0 radical (unpaired) electrons. The Balaban J connectivity index is 1.77. The zero-order chi connectivity index (χ0) is 15.4. The van der Waals surface area contributed by atoms with Gasteiger partial charge in [-0.15, -0.1) is 11.3 Å². The molecule has 2 heterocycles. The van der Waals surface area contributed by atoms with Crippen LogP contribution in [0.1, 0.15) is 27.9 Å². The second kappa shape index (κ2) is 6.72. The maximum absolute atomic E-state index is 11.1. The number of thiophene rings is 1. The summed E-state index contributed by atoms with van der Waals surface area (Å²) in [5, 5.41) is 11.9. The fourth-order valence-corrected chi connectivity index (χ4v) is 3.46. The molecule has 1 atom stereocenters. The summed E-state index contributed by atoms with van der Waals surface area (Å²) in [6.45, 7) is 2.65. The highest BCUT2D eigenvalue weighted by Crippen LogP contribution is 2.27. The molecular formula is C16H18N4OS. The molecule has 5 nitrogen and oxygen atoms in total. The van der Waals surface area contributed by atoms with E-state index in [0.29, 0.717) is 12.4 Å². The normalized spacial score (nSPS) is 12.4. The van der Waals surface area contributed by atoms with Crippen molar-refractivity contribution < 1.29 is 0 Å². The number of benzene rings is 1. The summed E-state index contributed by atoms with van der Waals surface area (Å²) in [4.78, 5) is 15.1. The molecule has 1 aromatic carbocycles. The van der Waals surface area contributed by atoms with Gasteiger partial charge in [0.25, 0.3) is 0 Å². The van der Waals surface area contributed by atoms with E-state index in [1.165, 1.54) is 16.0 Å². The Labute approximate surface area is 132 Å². The lowest BCUT2D eigenvalue weighted by Gasteiger charge is -2.18. The summed E-state index contributed by atoms with van der Waals surface area (Å²) in [6, 6.07) is 12.7. The van der Waals surface area contributed by atoms with Gasteiger partial charge >= 0.3 is 5.69 Å². The number of nitrogens with one attached hydrogen (secondary N) is 3. The van der Waals surface area contributed by atoms with Crippen LogP contribution in [-0.2, 0) is 13.0 Å². The van der Waals surface area contributed by atoms with Crippen LogP contribution in [-0.4, -0.2) is 15.2 Å². The number of aromatic amines is 2. The fourth-order valence-electron chi connectivity index (χ4n) is 2.46. The highest BCUT2D eigenvalue weighted by molar-refractivity contribution is 7.10. The smallest absolute Gasteiger partial charge is 0.302 e. The minimum absolute atomic E-state index is 0.197. The van der Waals surface area contributed by atoms with Crippen LogP contribution in [0.4, 0.5) is 0 Å². The lowest BCUT2D eigenvalue weighted by atomic mass is 10.0. The van der Waals surface area contributed by atoms with Crippen molar-refractivity contribution in [2.75, 3.05) is 0 Å². The summed E-state index contributed by atoms with van der Waals surface area (Å²) < 4.78 is 0. The predicted octanol–water partition coefficient (Wildman–Crippen LogP) is 2.54. The molecule has 114 valence electrons. The van der Waals surface area contributed by atoms with Gasteiger partial charge in [0, 0.05) is 10.9 Å². The van der Waals surface area contributed by atoms with E-state index >= 15 is 0 Å². The molecule has 0 amide bonds. The highest BCUT2D eigenvalue weighted by Gasteiger charge is 2.16. The van der Waals surface area contributed by atoms with E-state index in [-0.39, 0.29) is 11.7 Å². The van der Waals surface area contributed by atoms with Crippen LogP contribution in [0, 0.1) is 6.92 Å². The molecule has 0 aliphatic rings. The van der Waals surface area contributed by atoms with Crippen molar-refractivity contribution in [2.24, 2.45) is 0 Å². The minimum atomic E-state index is -0.274. The number of aromatic nitrogens is 3. The van der Waals surface area contributed by atoms with Crippen molar-refractivity contribution in [3.63, 3.8) is 0 Å². The maximum Gasteiger partial charge on any atom is 0.340 e. The molecule has 22 heavy (non-hydrogen) atoms. The van der Waals surface area contributed by atoms with Gasteiger partial charge in [0.15, 0.2) is 0 Å². The van der Waals surface area contributed by atoms with Crippen LogP contribution < -0.4 is 11.0 Å². The third kappa shape index (κ3) is 3.52. The van der Waals surface area contributed by atoms with E-state index < -0.39 is 0 Å². The van der Waals surface area contributed by atoms with Crippen LogP contribution in [0.2, 0.25) is 0 Å². The molecule has 0 bridgehead atoms. The van der Waals surface area contributed by atoms with Crippen molar-refractivity contribution in [1.29, 1.82) is 0 Å². The Bertz CT molecular complexity index is 775. The van der Waals surface area contributed by atoms with Crippen LogP contribution in [0.3, 0.4) is 0 Å². The van der Waals surface area contributed by atoms with Gasteiger partial charge in [-0.1, -0.05) is 30.3 Å². The summed E-state index contributed by atoms with van der Waals surface area (Å²) in [7, 11) is 0. The zero-order valence-electron chi connectivity index (χ0n) is 12.3. The number of H-pyrrole nitrogens is 2. The predicted molar refractivity (Wildman–Crippen MR) is 88.0 cm³/mol. The number of aryl methyl sites for hydroxylation is 1. The van der Waals surface area contributed by atoms with Crippen molar-refractivity contribution >= 4 is 11.3 Å². The van der Waals surface area contributed by atoms with E-state index in [1.807, 2.05) is 6.07 Å². The molecule has 3 aromatic rings. The average molecular weight is 314 g/mol. The zero-order valence-corrected chi connectivity index (χ0v) is 13.1. The topological polar surface area (TPSA) is 73.6 Å². The molecule has 2 aromatic heterocycles. The number of rotatable bonds is 6. The molecule has 0 spiro atoms. The summed E-state index contributed by atoms with van der Waals surface area (Å²) >= 11 is 1.75. The van der Waals surface area contributed by atoms with Gasteiger partial charge < -0.3 is 5.32 Å². The third-order valence-electron chi connectivity index (χ3n) is 3.57. The number of hydrogen-bond donors (Lipinski definition) is 3. The lowest BCUT2D eigenvalue weighted by Crippen LogP contribution is -2.23. The Morgan fingerprint density at radius 2 is 2.09 bits per heavy atom. The molecule has 0 aliphatic carbocycles. The van der Waals surface area contributed by atoms with E-state index in [9.17, 15) is 4.79 Å². The van der Waals surface area contributed by atoms with E-state index in [1.54, 1.807) is 11.3 Å². The molecule has 3 rings (SSSR count). The Kier molecular flexibility index (Phi) is 4.50. The molecule has 0 saturated carbocycles. The Morgan fingerprint density at radius 3 is 2.73 bits per heavy atom. The average Bonchev–Trinajstić information content (AvgIpc) is 3.13. The van der Waals surface area contributed by atoms with E-state index in [2.05, 4.69) is 63.1 Å². The van der Waals surface area contributed by atoms with Crippen molar-refractivity contribution in [1.82, 2.24) is 20.5 Å². The van der Waals surface area contributed by atoms with Crippen molar-refractivity contribution in [3.8, 4) is 0 Å². The maximum atomic E-state index is 11.1. The van der Waals surface area contributed by atoms with Gasteiger partial charge in [0.1, 0.15) is 5.82 Å². The van der Waals surface area contributed by atoms with Crippen LogP contribution in [0.25, 0.3) is 0 Å². The lowest BCUT2D eigenvalue weighted by molar-refractivity contribution is 0.525. The fraction of sp³-hybridized carbons (Fsp3) is 0.250. The third-order valence-corrected chi connectivity index (χ3v) is 4.70. The van der Waals surface area contributed by atoms with Gasteiger partial charge in [-0.2, -0.15) is 5.10 Å². The van der Waals surface area contributed by atoms with Gasteiger partial charge in [0.05, 0.1) is 6.54 Å². The minimum Gasteiger partial charge on any atom is -0.302 e. The molecule has 6 heteroatoms. The standard InChI is InChI=1S/C16H18N4OS/c1-11-7-8-22-15(11)13(9-12-5-3-2-4-6-12)17-10-14-18-16(21)20-19-14/h2-8,13,17H,9-10H2,1H3,(H2,18,19,20,21). The first kappa shape index (κ1) is 14.7. The first-order valence-corrected chi connectivity index (χ1v) is 8.05. The summed E-state index contributed by atoms with van der Waals surface area (Å²) in [5.41, 5.74) is 2.29. The van der Waals surface area contributed by atoms with Crippen molar-refractivity contribution in [2.45, 2.75) is 25.9 Å². The van der Waals surface area contributed by atoms with Gasteiger partial charge in [-0.25, -0.2) is 9.89 Å².